The molecule has 0 heterocycles. The summed E-state index contributed by atoms with van der Waals surface area (Å²) in [6.45, 7) is 2.12. The Kier molecular flexibility index (Phi) is 3.83. The molecule has 1 atom stereocenters. The highest BCUT2D eigenvalue weighted by atomic mass is 16.5. The molecule has 1 unspecified atom stereocenters. The Morgan fingerprint density at radius 3 is 2.81 bits per heavy atom. The lowest BCUT2D eigenvalue weighted by molar-refractivity contribution is -0.119. The third-order valence-corrected chi connectivity index (χ3v) is 4.87. The lowest BCUT2D eigenvalue weighted by Crippen LogP contribution is -2.28. The first-order chi connectivity index (χ1) is 10.2. The second-order valence-corrected chi connectivity index (χ2v) is 6.13. The van der Waals surface area contributed by atoms with Gasteiger partial charge in [-0.05, 0) is 49.3 Å². The van der Waals surface area contributed by atoms with Gasteiger partial charge in [-0.3, -0.25) is 9.59 Å². The number of hydrogen-bond donors (Lipinski definition) is 0. The lowest BCUT2D eigenvalue weighted by atomic mass is 9.74. The molecule has 0 N–H and O–H groups in total. The maximum absolute atomic E-state index is 12.8. The van der Waals surface area contributed by atoms with Gasteiger partial charge in [0.2, 0.25) is 0 Å². The molecule has 3 heteroatoms. The number of carbonyl (C=O) groups is 2. The summed E-state index contributed by atoms with van der Waals surface area (Å²) in [5, 5.41) is 0. The van der Waals surface area contributed by atoms with Crippen LogP contribution in [0.1, 0.15) is 51.9 Å². The second kappa shape index (κ2) is 5.63. The highest BCUT2D eigenvalue weighted by Gasteiger charge is 2.41. The molecule has 0 spiro atoms. The number of methoxy groups -OCH3 is 1. The molecule has 3 nitrogen and oxygen atoms in total. The molecule has 21 heavy (non-hydrogen) atoms. The zero-order valence-corrected chi connectivity index (χ0v) is 12.8. The van der Waals surface area contributed by atoms with E-state index in [1.165, 1.54) is 5.57 Å². The zero-order chi connectivity index (χ0) is 15.0. The zero-order valence-electron chi connectivity index (χ0n) is 12.8. The molecule has 0 radical (unpaired) electrons. The van der Waals surface area contributed by atoms with Gasteiger partial charge in [0.25, 0.3) is 0 Å². The van der Waals surface area contributed by atoms with Crippen molar-refractivity contribution in [3.8, 4) is 0 Å². The Labute approximate surface area is 125 Å². The fourth-order valence-electron chi connectivity index (χ4n) is 3.70. The minimum absolute atomic E-state index is 0.0182. The smallest absolute Gasteiger partial charge is 0.171 e. The quantitative estimate of drug-likeness (QED) is 0.792. The number of unbranched alkanes of at least 4 members (excludes halogenated alkanes) is 1. The third-order valence-electron chi connectivity index (χ3n) is 4.87. The van der Waals surface area contributed by atoms with Crippen LogP contribution >= 0.6 is 0 Å². The molecule has 0 saturated heterocycles. The van der Waals surface area contributed by atoms with E-state index in [1.54, 1.807) is 7.11 Å². The van der Waals surface area contributed by atoms with Crippen molar-refractivity contribution < 1.29 is 14.3 Å². The number of ether oxygens (including phenoxy) is 1. The van der Waals surface area contributed by atoms with Crippen molar-refractivity contribution in [2.45, 2.75) is 51.9 Å². The number of hydrogen-bond acceptors (Lipinski definition) is 3. The van der Waals surface area contributed by atoms with Crippen LogP contribution < -0.4 is 0 Å². The van der Waals surface area contributed by atoms with Gasteiger partial charge in [-0.2, -0.15) is 0 Å². The van der Waals surface area contributed by atoms with Crippen LogP contribution in [-0.4, -0.2) is 18.7 Å². The number of rotatable bonds is 4. The van der Waals surface area contributed by atoms with Crippen molar-refractivity contribution in [3.63, 3.8) is 0 Å². The van der Waals surface area contributed by atoms with Gasteiger partial charge < -0.3 is 4.74 Å². The van der Waals surface area contributed by atoms with E-state index in [1.807, 2.05) is 6.08 Å². The van der Waals surface area contributed by atoms with E-state index in [-0.39, 0.29) is 17.5 Å². The molecular formula is C18H22O3. The van der Waals surface area contributed by atoms with Gasteiger partial charge in [-0.25, -0.2) is 0 Å². The molecular weight excluding hydrogens is 264 g/mol. The van der Waals surface area contributed by atoms with E-state index >= 15 is 0 Å². The highest BCUT2D eigenvalue weighted by Crippen LogP contribution is 2.46. The minimum atomic E-state index is 0.0182. The molecule has 0 amide bonds. The Balaban J connectivity index is 2.10. The van der Waals surface area contributed by atoms with Crippen molar-refractivity contribution in [1.29, 1.82) is 0 Å². The second-order valence-electron chi connectivity index (χ2n) is 6.13. The summed E-state index contributed by atoms with van der Waals surface area (Å²) in [6.07, 6.45) is 8.10. The average molecular weight is 286 g/mol. The van der Waals surface area contributed by atoms with Gasteiger partial charge in [-0.1, -0.05) is 18.9 Å². The summed E-state index contributed by atoms with van der Waals surface area (Å²) in [4.78, 5) is 24.8. The first-order valence-electron chi connectivity index (χ1n) is 7.95. The predicted octanol–water partition coefficient (Wildman–Crippen LogP) is 3.66. The first-order valence-corrected chi connectivity index (χ1v) is 7.95. The van der Waals surface area contributed by atoms with E-state index in [9.17, 15) is 9.59 Å². The van der Waals surface area contributed by atoms with Gasteiger partial charge in [0.15, 0.2) is 11.6 Å². The van der Waals surface area contributed by atoms with Crippen molar-refractivity contribution in [1.82, 2.24) is 0 Å². The monoisotopic (exact) mass is 286 g/mol. The van der Waals surface area contributed by atoms with E-state index in [2.05, 4.69) is 6.92 Å². The topological polar surface area (TPSA) is 43.4 Å². The summed E-state index contributed by atoms with van der Waals surface area (Å²) in [7, 11) is 1.59. The van der Waals surface area contributed by atoms with Gasteiger partial charge in [-0.15, -0.1) is 0 Å². The molecule has 2 fully saturated rings. The molecule has 3 aliphatic carbocycles. The Hall–Kier alpha value is -1.64. The van der Waals surface area contributed by atoms with Crippen LogP contribution in [-0.2, 0) is 14.3 Å². The van der Waals surface area contributed by atoms with Gasteiger partial charge >= 0.3 is 0 Å². The summed E-state index contributed by atoms with van der Waals surface area (Å²) in [5.74, 6) is 1.03. The third kappa shape index (κ3) is 2.29. The molecule has 2 saturated carbocycles. The first kappa shape index (κ1) is 14.3. The molecule has 0 aromatic carbocycles. The molecule has 112 valence electrons. The number of Topliss-reactive ketones (excluding diaryl/α,β-unsaturated/α-hetero) is 2. The van der Waals surface area contributed by atoms with Gasteiger partial charge in [0.1, 0.15) is 5.76 Å². The maximum atomic E-state index is 12.8. The largest absolute Gasteiger partial charge is 0.496 e. The average Bonchev–Trinajstić information content (AvgIpc) is 2.94. The standard InChI is InChI=1S/C18H22O3/c1-3-4-6-11-9-16(21-2)17-14(10-15(17)19)12-7-5-8-13(12)18(11)20/h9,13H,3-8,10H2,1-2H3/b11-9-,14-12-,17-16-. The number of fused-ring (bicyclic) bond motifs is 2. The molecule has 0 bridgehead atoms. The molecule has 3 aliphatic rings. The van der Waals surface area contributed by atoms with Crippen LogP contribution in [0.25, 0.3) is 0 Å². The van der Waals surface area contributed by atoms with E-state index in [0.717, 1.165) is 55.2 Å². The number of ketones is 2. The molecule has 3 rings (SSSR count). The Morgan fingerprint density at radius 2 is 2.14 bits per heavy atom. The summed E-state index contributed by atoms with van der Waals surface area (Å²) < 4.78 is 5.43. The Bertz CT molecular complexity index is 590. The number of allylic oxidation sites excluding steroid dienone is 5. The van der Waals surface area contributed by atoms with E-state index < -0.39 is 0 Å². The van der Waals surface area contributed by atoms with E-state index in [4.69, 9.17) is 4.74 Å². The fourth-order valence-corrected chi connectivity index (χ4v) is 3.70. The van der Waals surface area contributed by atoms with Crippen molar-refractivity contribution in [3.05, 3.63) is 34.1 Å². The van der Waals surface area contributed by atoms with Crippen LogP contribution in [0.4, 0.5) is 0 Å². The maximum Gasteiger partial charge on any atom is 0.171 e. The van der Waals surface area contributed by atoms with E-state index in [0.29, 0.717) is 12.2 Å². The normalized spacial score (nSPS) is 34.4. The SMILES string of the molecule is CCCC/C1=C/C(OC)=C2/C(=O)C/C2=C2\CCCC2C1=O. The van der Waals surface area contributed by atoms with Gasteiger partial charge in [0.05, 0.1) is 12.7 Å². The van der Waals surface area contributed by atoms with Crippen LogP contribution in [0.3, 0.4) is 0 Å². The Morgan fingerprint density at radius 1 is 1.33 bits per heavy atom. The van der Waals surface area contributed by atoms with Crippen LogP contribution in [0.15, 0.2) is 34.1 Å². The van der Waals surface area contributed by atoms with Crippen LogP contribution in [0.5, 0.6) is 0 Å². The van der Waals surface area contributed by atoms with Crippen LogP contribution in [0.2, 0.25) is 0 Å². The lowest BCUT2D eigenvalue weighted by Gasteiger charge is -2.29. The fraction of sp³-hybridized carbons (Fsp3) is 0.556. The summed E-state index contributed by atoms with van der Waals surface area (Å²) >= 11 is 0. The molecule has 0 aliphatic heterocycles. The van der Waals surface area contributed by atoms with Gasteiger partial charge in [0, 0.05) is 12.3 Å². The van der Waals surface area contributed by atoms with Crippen molar-refractivity contribution >= 4 is 11.6 Å². The highest BCUT2D eigenvalue weighted by molar-refractivity contribution is 6.12. The van der Waals surface area contributed by atoms with Crippen molar-refractivity contribution in [2.24, 2.45) is 5.92 Å². The van der Waals surface area contributed by atoms with Crippen LogP contribution in [0, 0.1) is 5.92 Å². The summed E-state index contributed by atoms with van der Waals surface area (Å²) in [5.41, 5.74) is 3.88. The molecule has 0 aromatic heterocycles. The predicted molar refractivity (Wildman–Crippen MR) is 80.6 cm³/mol. The van der Waals surface area contributed by atoms with Crippen molar-refractivity contribution in [2.75, 3.05) is 7.11 Å². The molecule has 0 aromatic rings. The summed E-state index contributed by atoms with van der Waals surface area (Å²) in [6, 6.07) is 0. The minimum Gasteiger partial charge on any atom is -0.496 e. The number of carbonyl (C=O) groups excluding carboxylic acids is 2.